The fourth-order valence-electron chi connectivity index (χ4n) is 1.39. The topological polar surface area (TPSA) is 27.1 Å². The van der Waals surface area contributed by atoms with Crippen molar-refractivity contribution in [1.82, 2.24) is 9.78 Å². The molecule has 2 rings (SSSR count). The Morgan fingerprint density at radius 2 is 1.82 bits per heavy atom. The molecular formula is C12H12F2N2O. The molecule has 1 heterocycles. The van der Waals surface area contributed by atoms with Crippen LogP contribution in [0.5, 0.6) is 5.88 Å². The van der Waals surface area contributed by atoms with Crippen molar-refractivity contribution >= 4 is 0 Å². The van der Waals surface area contributed by atoms with Gasteiger partial charge < -0.3 is 4.74 Å². The number of aromatic nitrogens is 2. The maximum Gasteiger partial charge on any atom is 0.427 e. The van der Waals surface area contributed by atoms with Gasteiger partial charge >= 0.3 is 6.11 Å². The highest BCUT2D eigenvalue weighted by Crippen LogP contribution is 2.30. The minimum Gasteiger partial charge on any atom is -0.409 e. The molecule has 0 saturated heterocycles. The second-order valence-corrected chi connectivity index (χ2v) is 3.81. The molecule has 0 unspecified atom stereocenters. The van der Waals surface area contributed by atoms with Crippen molar-refractivity contribution in [3.8, 4) is 5.88 Å². The third kappa shape index (κ3) is 2.61. The Kier molecular flexibility index (Phi) is 2.83. The van der Waals surface area contributed by atoms with Gasteiger partial charge in [-0.2, -0.15) is 8.78 Å². The first kappa shape index (κ1) is 11.6. The van der Waals surface area contributed by atoms with Crippen molar-refractivity contribution in [2.45, 2.75) is 13.0 Å². The molecule has 0 aliphatic carbocycles. The smallest absolute Gasteiger partial charge is 0.409 e. The highest BCUT2D eigenvalue weighted by atomic mass is 19.3. The lowest BCUT2D eigenvalue weighted by Crippen LogP contribution is -2.22. The molecule has 5 heteroatoms. The Morgan fingerprint density at radius 1 is 1.18 bits per heavy atom. The maximum atomic E-state index is 13.7. The second kappa shape index (κ2) is 4.16. The SMILES string of the molecule is Cc1ccc(C(F)(F)Oc2ccn(C)n2)cc1. The lowest BCUT2D eigenvalue weighted by atomic mass is 10.1. The maximum absolute atomic E-state index is 13.7. The van der Waals surface area contributed by atoms with E-state index in [1.807, 2.05) is 6.92 Å². The van der Waals surface area contributed by atoms with E-state index in [1.54, 1.807) is 25.4 Å². The number of hydrogen-bond donors (Lipinski definition) is 0. The molecule has 0 atom stereocenters. The Morgan fingerprint density at radius 3 is 2.35 bits per heavy atom. The average molecular weight is 238 g/mol. The van der Waals surface area contributed by atoms with Crippen molar-refractivity contribution < 1.29 is 13.5 Å². The molecule has 0 N–H and O–H groups in total. The number of nitrogens with zero attached hydrogens (tertiary/aromatic N) is 2. The van der Waals surface area contributed by atoms with Gasteiger partial charge in [-0.1, -0.05) is 17.7 Å². The average Bonchev–Trinajstić information content (AvgIpc) is 2.63. The normalized spacial score (nSPS) is 11.5. The molecule has 1 aromatic carbocycles. The summed E-state index contributed by atoms with van der Waals surface area (Å²) in [4.78, 5) is 0. The minimum atomic E-state index is -3.37. The summed E-state index contributed by atoms with van der Waals surface area (Å²) < 4.78 is 33.4. The van der Waals surface area contributed by atoms with E-state index in [0.29, 0.717) is 0 Å². The number of ether oxygens (including phenoxy) is 1. The summed E-state index contributed by atoms with van der Waals surface area (Å²) in [6.07, 6.45) is -1.83. The predicted molar refractivity (Wildman–Crippen MR) is 58.9 cm³/mol. The molecule has 17 heavy (non-hydrogen) atoms. The molecule has 0 saturated carbocycles. The monoisotopic (exact) mass is 238 g/mol. The van der Waals surface area contributed by atoms with Gasteiger partial charge in [0.15, 0.2) is 0 Å². The molecule has 0 bridgehead atoms. The van der Waals surface area contributed by atoms with E-state index in [-0.39, 0.29) is 11.4 Å². The van der Waals surface area contributed by atoms with E-state index >= 15 is 0 Å². The van der Waals surface area contributed by atoms with E-state index in [0.717, 1.165) is 5.56 Å². The van der Waals surface area contributed by atoms with Crippen LogP contribution < -0.4 is 4.74 Å². The number of hydrogen-bond acceptors (Lipinski definition) is 2. The summed E-state index contributed by atoms with van der Waals surface area (Å²) in [6, 6.07) is 7.31. The van der Waals surface area contributed by atoms with Crippen LogP contribution in [0.3, 0.4) is 0 Å². The third-order valence-electron chi connectivity index (χ3n) is 2.31. The van der Waals surface area contributed by atoms with Crippen LogP contribution in [0.25, 0.3) is 0 Å². The Labute approximate surface area is 97.6 Å². The Balaban J connectivity index is 2.21. The predicted octanol–water partition coefficient (Wildman–Crippen LogP) is 2.86. The summed E-state index contributed by atoms with van der Waals surface area (Å²) in [5, 5.41) is 3.75. The van der Waals surface area contributed by atoms with Crippen LogP contribution >= 0.6 is 0 Å². The van der Waals surface area contributed by atoms with Gasteiger partial charge in [0, 0.05) is 19.3 Å². The highest BCUT2D eigenvalue weighted by Gasteiger charge is 2.35. The van der Waals surface area contributed by atoms with Gasteiger partial charge in [0.2, 0.25) is 5.88 Å². The molecule has 2 aromatic rings. The number of halogens is 2. The third-order valence-corrected chi connectivity index (χ3v) is 2.31. The second-order valence-electron chi connectivity index (χ2n) is 3.81. The Hall–Kier alpha value is -1.91. The fraction of sp³-hybridized carbons (Fsp3) is 0.250. The number of rotatable bonds is 3. The van der Waals surface area contributed by atoms with Crippen LogP contribution in [-0.2, 0) is 13.2 Å². The first-order valence-electron chi connectivity index (χ1n) is 5.11. The quantitative estimate of drug-likeness (QED) is 0.822. The van der Waals surface area contributed by atoms with E-state index in [1.165, 1.54) is 22.9 Å². The zero-order chi connectivity index (χ0) is 12.5. The lowest BCUT2D eigenvalue weighted by Gasteiger charge is -2.16. The minimum absolute atomic E-state index is 0.0990. The van der Waals surface area contributed by atoms with E-state index in [2.05, 4.69) is 9.84 Å². The van der Waals surface area contributed by atoms with Crippen molar-refractivity contribution in [1.29, 1.82) is 0 Å². The first-order chi connectivity index (χ1) is 7.97. The van der Waals surface area contributed by atoms with Crippen molar-refractivity contribution in [3.05, 3.63) is 47.7 Å². The summed E-state index contributed by atoms with van der Waals surface area (Å²) in [6.45, 7) is 1.83. The molecule has 0 amide bonds. The first-order valence-corrected chi connectivity index (χ1v) is 5.11. The van der Waals surface area contributed by atoms with Gasteiger partial charge in [0.25, 0.3) is 0 Å². The van der Waals surface area contributed by atoms with E-state index in [4.69, 9.17) is 0 Å². The molecular weight excluding hydrogens is 226 g/mol. The van der Waals surface area contributed by atoms with Crippen LogP contribution in [0, 0.1) is 6.92 Å². The fourth-order valence-corrected chi connectivity index (χ4v) is 1.39. The van der Waals surface area contributed by atoms with Gasteiger partial charge in [-0.25, -0.2) is 0 Å². The van der Waals surface area contributed by atoms with Gasteiger partial charge in [0.05, 0.1) is 5.56 Å². The van der Waals surface area contributed by atoms with Gasteiger partial charge in [-0.3, -0.25) is 4.68 Å². The largest absolute Gasteiger partial charge is 0.427 e. The molecule has 0 aliphatic heterocycles. The highest BCUT2D eigenvalue weighted by molar-refractivity contribution is 5.24. The van der Waals surface area contributed by atoms with Crippen LogP contribution in [-0.4, -0.2) is 9.78 Å². The summed E-state index contributed by atoms with van der Waals surface area (Å²) in [7, 11) is 1.64. The molecule has 0 radical (unpaired) electrons. The lowest BCUT2D eigenvalue weighted by molar-refractivity contribution is -0.187. The molecule has 0 spiro atoms. The molecule has 3 nitrogen and oxygen atoms in total. The van der Waals surface area contributed by atoms with Crippen LogP contribution in [0.2, 0.25) is 0 Å². The molecule has 1 aromatic heterocycles. The van der Waals surface area contributed by atoms with Crippen LogP contribution in [0.4, 0.5) is 8.78 Å². The van der Waals surface area contributed by atoms with Crippen molar-refractivity contribution in [2.24, 2.45) is 7.05 Å². The van der Waals surface area contributed by atoms with Crippen LogP contribution in [0.1, 0.15) is 11.1 Å². The Bertz CT molecular complexity index is 505. The number of aryl methyl sites for hydroxylation is 2. The molecule has 0 fully saturated rings. The summed E-state index contributed by atoms with van der Waals surface area (Å²) >= 11 is 0. The van der Waals surface area contributed by atoms with Crippen LogP contribution in [0.15, 0.2) is 36.5 Å². The van der Waals surface area contributed by atoms with Gasteiger partial charge in [-0.05, 0) is 19.1 Å². The molecule has 0 aliphatic rings. The van der Waals surface area contributed by atoms with Gasteiger partial charge in [0.1, 0.15) is 0 Å². The number of alkyl halides is 2. The molecule has 90 valence electrons. The standard InChI is InChI=1S/C12H12F2N2O/c1-9-3-5-10(6-4-9)12(13,14)17-11-7-8-16(2)15-11/h3-8H,1-2H3. The van der Waals surface area contributed by atoms with Gasteiger partial charge in [-0.15, -0.1) is 5.10 Å². The van der Waals surface area contributed by atoms with Crippen molar-refractivity contribution in [3.63, 3.8) is 0 Å². The summed E-state index contributed by atoms with van der Waals surface area (Å²) in [5.74, 6) is -0.0990. The van der Waals surface area contributed by atoms with E-state index < -0.39 is 6.11 Å². The number of benzene rings is 1. The van der Waals surface area contributed by atoms with Crippen molar-refractivity contribution in [2.75, 3.05) is 0 Å². The van der Waals surface area contributed by atoms with E-state index in [9.17, 15) is 8.78 Å². The zero-order valence-corrected chi connectivity index (χ0v) is 9.52. The zero-order valence-electron chi connectivity index (χ0n) is 9.52. The summed E-state index contributed by atoms with van der Waals surface area (Å²) in [5.41, 5.74) is 0.733.